The molecule has 3 rings (SSSR count). The van der Waals surface area contributed by atoms with Crippen molar-refractivity contribution in [3.63, 3.8) is 0 Å². The number of rotatable bonds is 5. The highest BCUT2D eigenvalue weighted by Crippen LogP contribution is 2.14. The molecule has 7 nitrogen and oxygen atoms in total. The molecule has 116 valence electrons. The minimum atomic E-state index is -0.347. The summed E-state index contributed by atoms with van der Waals surface area (Å²) in [6.07, 6.45) is 2.14. The van der Waals surface area contributed by atoms with Gasteiger partial charge in [0.25, 0.3) is 5.91 Å². The van der Waals surface area contributed by atoms with Gasteiger partial charge in [0.1, 0.15) is 17.3 Å². The van der Waals surface area contributed by atoms with E-state index in [1.54, 1.807) is 31.5 Å². The number of carbonyl (C=O) groups is 1. The quantitative estimate of drug-likeness (QED) is 0.752. The number of pyridine rings is 1. The third kappa shape index (κ3) is 3.70. The molecule has 0 aliphatic rings. The Morgan fingerprint density at radius 1 is 1.22 bits per heavy atom. The van der Waals surface area contributed by atoms with Gasteiger partial charge in [0.05, 0.1) is 7.11 Å². The van der Waals surface area contributed by atoms with Gasteiger partial charge < -0.3 is 4.74 Å². The van der Waals surface area contributed by atoms with Crippen LogP contribution in [0, 0.1) is 0 Å². The third-order valence-electron chi connectivity index (χ3n) is 3.19. The SMILES string of the molecule is COc1ccc(Cc2nc(NC(=O)c3ccccn3)n[nH]2)cc1. The number of hydrogen-bond donors (Lipinski definition) is 2. The van der Waals surface area contributed by atoms with Crippen LogP contribution in [0.15, 0.2) is 48.7 Å². The van der Waals surface area contributed by atoms with Crippen molar-refractivity contribution in [2.75, 3.05) is 12.4 Å². The van der Waals surface area contributed by atoms with Gasteiger partial charge >= 0.3 is 0 Å². The maximum absolute atomic E-state index is 12.0. The lowest BCUT2D eigenvalue weighted by atomic mass is 10.1. The van der Waals surface area contributed by atoms with Gasteiger partial charge in [0.15, 0.2) is 0 Å². The molecule has 0 radical (unpaired) electrons. The average Bonchev–Trinajstić information content (AvgIpc) is 3.03. The van der Waals surface area contributed by atoms with Gasteiger partial charge in [0.2, 0.25) is 5.95 Å². The normalized spacial score (nSPS) is 10.3. The van der Waals surface area contributed by atoms with E-state index in [0.29, 0.717) is 17.9 Å². The van der Waals surface area contributed by atoms with E-state index < -0.39 is 0 Å². The number of H-pyrrole nitrogens is 1. The first-order chi connectivity index (χ1) is 11.2. The molecule has 23 heavy (non-hydrogen) atoms. The second-order valence-corrected chi connectivity index (χ2v) is 4.80. The Bertz CT molecular complexity index is 784. The molecule has 0 fully saturated rings. The number of hydrogen-bond acceptors (Lipinski definition) is 5. The zero-order valence-electron chi connectivity index (χ0n) is 12.5. The van der Waals surface area contributed by atoms with E-state index in [1.807, 2.05) is 24.3 Å². The summed E-state index contributed by atoms with van der Waals surface area (Å²) >= 11 is 0. The lowest BCUT2D eigenvalue weighted by Crippen LogP contribution is -2.14. The predicted molar refractivity (Wildman–Crippen MR) is 84.4 cm³/mol. The molecule has 0 spiro atoms. The standard InChI is InChI=1S/C16H15N5O2/c1-23-12-7-5-11(6-8-12)10-14-18-16(21-20-14)19-15(22)13-4-2-3-9-17-13/h2-9H,10H2,1H3,(H2,18,19,20,21,22). The number of methoxy groups -OCH3 is 1. The molecule has 7 heteroatoms. The summed E-state index contributed by atoms with van der Waals surface area (Å²) in [5.74, 6) is 1.34. The number of nitrogens with zero attached hydrogens (tertiary/aromatic N) is 3. The van der Waals surface area contributed by atoms with Gasteiger partial charge in [-0.05, 0) is 29.8 Å². The second-order valence-electron chi connectivity index (χ2n) is 4.80. The first-order valence-electron chi connectivity index (χ1n) is 7.01. The molecule has 0 bridgehead atoms. The summed E-state index contributed by atoms with van der Waals surface area (Å²) in [7, 11) is 1.63. The summed E-state index contributed by atoms with van der Waals surface area (Å²) in [6.45, 7) is 0. The van der Waals surface area contributed by atoms with Crippen LogP contribution in [0.1, 0.15) is 21.9 Å². The summed E-state index contributed by atoms with van der Waals surface area (Å²) in [4.78, 5) is 20.2. The van der Waals surface area contributed by atoms with Gasteiger partial charge in [-0.2, -0.15) is 4.98 Å². The van der Waals surface area contributed by atoms with E-state index >= 15 is 0 Å². The van der Waals surface area contributed by atoms with Crippen LogP contribution in [0.25, 0.3) is 0 Å². The number of amides is 1. The smallest absolute Gasteiger partial charge is 0.276 e. The van der Waals surface area contributed by atoms with Crippen LogP contribution in [0.5, 0.6) is 5.75 Å². The van der Waals surface area contributed by atoms with Gasteiger partial charge in [-0.15, -0.1) is 5.10 Å². The molecule has 0 saturated carbocycles. The molecule has 0 saturated heterocycles. The van der Waals surface area contributed by atoms with E-state index in [2.05, 4.69) is 25.5 Å². The highest BCUT2D eigenvalue weighted by Gasteiger charge is 2.10. The third-order valence-corrected chi connectivity index (χ3v) is 3.19. The van der Waals surface area contributed by atoms with E-state index in [1.165, 1.54) is 0 Å². The topological polar surface area (TPSA) is 92.8 Å². The van der Waals surface area contributed by atoms with Crippen molar-refractivity contribution in [1.29, 1.82) is 0 Å². The van der Waals surface area contributed by atoms with E-state index in [-0.39, 0.29) is 11.9 Å². The molecule has 1 aromatic carbocycles. The number of ether oxygens (including phenoxy) is 1. The number of anilines is 1. The van der Waals surface area contributed by atoms with Crippen LogP contribution in [0.4, 0.5) is 5.95 Å². The van der Waals surface area contributed by atoms with Crippen molar-refractivity contribution in [2.24, 2.45) is 0 Å². The van der Waals surface area contributed by atoms with Crippen LogP contribution in [0.3, 0.4) is 0 Å². The second kappa shape index (κ2) is 6.69. The molecule has 2 aromatic heterocycles. The predicted octanol–water partition coefficient (Wildman–Crippen LogP) is 2.05. The zero-order valence-corrected chi connectivity index (χ0v) is 12.5. The maximum atomic E-state index is 12.0. The van der Waals surface area contributed by atoms with Crippen LogP contribution in [-0.4, -0.2) is 33.2 Å². The Balaban J connectivity index is 1.64. The van der Waals surface area contributed by atoms with E-state index in [9.17, 15) is 4.79 Å². The van der Waals surface area contributed by atoms with Crippen LogP contribution >= 0.6 is 0 Å². The highest BCUT2D eigenvalue weighted by molar-refractivity contribution is 6.01. The Hall–Kier alpha value is -3.22. The highest BCUT2D eigenvalue weighted by atomic mass is 16.5. The fourth-order valence-electron chi connectivity index (χ4n) is 2.03. The summed E-state index contributed by atoms with van der Waals surface area (Å²) in [5, 5.41) is 9.41. The Kier molecular flexibility index (Phi) is 4.28. The van der Waals surface area contributed by atoms with Crippen LogP contribution in [0.2, 0.25) is 0 Å². The van der Waals surface area contributed by atoms with Crippen molar-refractivity contribution in [3.8, 4) is 5.75 Å². The molecule has 2 N–H and O–H groups in total. The average molecular weight is 309 g/mol. The van der Waals surface area contributed by atoms with Gasteiger partial charge in [-0.3, -0.25) is 20.2 Å². The summed E-state index contributed by atoms with van der Waals surface area (Å²) in [6, 6.07) is 12.8. The number of nitrogens with one attached hydrogen (secondary N) is 2. The molecule has 0 atom stereocenters. The first kappa shape index (κ1) is 14.7. The summed E-state index contributed by atoms with van der Waals surface area (Å²) in [5.41, 5.74) is 1.37. The molecule has 1 amide bonds. The van der Waals surface area contributed by atoms with Gasteiger partial charge in [-0.1, -0.05) is 18.2 Å². The zero-order chi connectivity index (χ0) is 16.1. The number of carbonyl (C=O) groups excluding carboxylic acids is 1. The fourth-order valence-corrected chi connectivity index (χ4v) is 2.03. The van der Waals surface area contributed by atoms with Gasteiger partial charge in [0, 0.05) is 12.6 Å². The van der Waals surface area contributed by atoms with Crippen molar-refractivity contribution < 1.29 is 9.53 Å². The molecule has 0 unspecified atom stereocenters. The molecular formula is C16H15N5O2. The van der Waals surface area contributed by atoms with Crippen LogP contribution < -0.4 is 10.1 Å². The van der Waals surface area contributed by atoms with Crippen molar-refractivity contribution >= 4 is 11.9 Å². The molecule has 0 aliphatic carbocycles. The lowest BCUT2D eigenvalue weighted by Gasteiger charge is -2.01. The van der Waals surface area contributed by atoms with Crippen molar-refractivity contribution in [3.05, 3.63) is 65.7 Å². The van der Waals surface area contributed by atoms with E-state index in [0.717, 1.165) is 11.3 Å². The number of aromatic amines is 1. The molecule has 3 aromatic rings. The molecular weight excluding hydrogens is 294 g/mol. The Morgan fingerprint density at radius 2 is 2.04 bits per heavy atom. The van der Waals surface area contributed by atoms with E-state index in [4.69, 9.17) is 4.74 Å². The van der Waals surface area contributed by atoms with Crippen molar-refractivity contribution in [2.45, 2.75) is 6.42 Å². The maximum Gasteiger partial charge on any atom is 0.276 e. The lowest BCUT2D eigenvalue weighted by molar-refractivity contribution is 0.102. The number of benzene rings is 1. The molecule has 2 heterocycles. The number of aromatic nitrogens is 4. The Labute approximate surface area is 132 Å². The summed E-state index contributed by atoms with van der Waals surface area (Å²) < 4.78 is 5.12. The first-order valence-corrected chi connectivity index (χ1v) is 7.01. The van der Waals surface area contributed by atoms with Gasteiger partial charge in [-0.25, -0.2) is 0 Å². The Morgan fingerprint density at radius 3 is 2.74 bits per heavy atom. The molecule has 0 aliphatic heterocycles. The monoisotopic (exact) mass is 309 g/mol. The van der Waals surface area contributed by atoms with Crippen LogP contribution in [-0.2, 0) is 6.42 Å². The fraction of sp³-hybridized carbons (Fsp3) is 0.125. The largest absolute Gasteiger partial charge is 0.497 e. The minimum Gasteiger partial charge on any atom is -0.497 e. The van der Waals surface area contributed by atoms with Crippen molar-refractivity contribution in [1.82, 2.24) is 20.2 Å². The minimum absolute atomic E-state index is 0.226.